The van der Waals surface area contributed by atoms with Crippen LogP contribution < -0.4 is 5.32 Å². The van der Waals surface area contributed by atoms with Crippen LogP contribution in [-0.2, 0) is 11.3 Å². The number of thiophene rings is 1. The Labute approximate surface area is 126 Å². The van der Waals surface area contributed by atoms with Crippen molar-refractivity contribution in [3.05, 3.63) is 35.2 Å². The van der Waals surface area contributed by atoms with Crippen molar-refractivity contribution in [3.8, 4) is 0 Å². The molecule has 1 saturated heterocycles. The molecule has 0 unspecified atom stereocenters. The SMILES string of the molecule is O=C1NC2(CCCC2)C(=O)N1Cc1cc2ccccc2s1. The summed E-state index contributed by atoms with van der Waals surface area (Å²) in [6.45, 7) is 0.381. The molecule has 1 N–H and O–H groups in total. The lowest BCUT2D eigenvalue weighted by Gasteiger charge is -2.19. The van der Waals surface area contributed by atoms with Crippen LogP contribution in [0.15, 0.2) is 30.3 Å². The second kappa shape index (κ2) is 4.56. The Hall–Kier alpha value is -1.88. The first-order valence-corrected chi connectivity index (χ1v) is 8.11. The minimum atomic E-state index is -0.603. The Morgan fingerprint density at radius 2 is 1.95 bits per heavy atom. The molecule has 2 heterocycles. The highest BCUT2D eigenvalue weighted by Crippen LogP contribution is 2.36. The summed E-state index contributed by atoms with van der Waals surface area (Å²) in [6.07, 6.45) is 3.59. The smallest absolute Gasteiger partial charge is 0.323 e. The second-order valence-electron chi connectivity index (χ2n) is 5.86. The number of benzene rings is 1. The van der Waals surface area contributed by atoms with Crippen LogP contribution in [0.1, 0.15) is 30.6 Å². The first-order valence-electron chi connectivity index (χ1n) is 7.30. The first kappa shape index (κ1) is 12.8. The molecule has 4 rings (SSSR count). The third-order valence-electron chi connectivity index (χ3n) is 4.49. The van der Waals surface area contributed by atoms with E-state index in [1.54, 1.807) is 11.3 Å². The van der Waals surface area contributed by atoms with E-state index in [2.05, 4.69) is 23.5 Å². The molecule has 2 aliphatic rings. The molecular weight excluding hydrogens is 284 g/mol. The minimum absolute atomic E-state index is 0.0394. The van der Waals surface area contributed by atoms with Gasteiger partial charge in [-0.1, -0.05) is 31.0 Å². The van der Waals surface area contributed by atoms with Crippen molar-refractivity contribution in [1.82, 2.24) is 10.2 Å². The van der Waals surface area contributed by atoms with Crippen LogP contribution in [0.4, 0.5) is 4.79 Å². The molecule has 21 heavy (non-hydrogen) atoms. The van der Waals surface area contributed by atoms with Crippen LogP contribution in [0.5, 0.6) is 0 Å². The molecule has 1 aromatic heterocycles. The quantitative estimate of drug-likeness (QED) is 0.865. The first-order chi connectivity index (χ1) is 10.2. The zero-order valence-corrected chi connectivity index (χ0v) is 12.4. The number of urea groups is 1. The number of hydrogen-bond donors (Lipinski definition) is 1. The summed E-state index contributed by atoms with van der Waals surface area (Å²) in [5.41, 5.74) is -0.603. The Morgan fingerprint density at radius 3 is 2.71 bits per heavy atom. The summed E-state index contributed by atoms with van der Waals surface area (Å²) >= 11 is 1.65. The van der Waals surface area contributed by atoms with Crippen molar-refractivity contribution in [2.45, 2.75) is 37.8 Å². The molecule has 0 radical (unpaired) electrons. The van der Waals surface area contributed by atoms with E-state index in [-0.39, 0.29) is 11.9 Å². The highest BCUT2D eigenvalue weighted by molar-refractivity contribution is 7.19. The number of fused-ring (bicyclic) bond motifs is 1. The van der Waals surface area contributed by atoms with E-state index in [9.17, 15) is 9.59 Å². The van der Waals surface area contributed by atoms with E-state index in [0.717, 1.165) is 30.6 Å². The Kier molecular flexibility index (Phi) is 2.79. The summed E-state index contributed by atoms with van der Waals surface area (Å²) in [4.78, 5) is 27.2. The van der Waals surface area contributed by atoms with Gasteiger partial charge in [0.2, 0.25) is 0 Å². The fourth-order valence-electron chi connectivity index (χ4n) is 3.41. The summed E-state index contributed by atoms with van der Waals surface area (Å²) in [7, 11) is 0. The zero-order valence-electron chi connectivity index (χ0n) is 11.6. The third-order valence-corrected chi connectivity index (χ3v) is 5.59. The summed E-state index contributed by atoms with van der Waals surface area (Å²) in [5, 5.41) is 4.09. The molecule has 5 heteroatoms. The third kappa shape index (κ3) is 1.95. The zero-order chi connectivity index (χ0) is 14.4. The van der Waals surface area contributed by atoms with Crippen LogP contribution in [0.25, 0.3) is 10.1 Å². The van der Waals surface area contributed by atoms with Gasteiger partial charge in [0.05, 0.1) is 6.54 Å². The molecule has 108 valence electrons. The predicted octanol–water partition coefficient (Wildman–Crippen LogP) is 3.27. The summed E-state index contributed by atoms with van der Waals surface area (Å²) < 4.78 is 1.19. The number of rotatable bonds is 2. The predicted molar refractivity (Wildman–Crippen MR) is 82.1 cm³/mol. The van der Waals surface area contributed by atoms with E-state index in [1.807, 2.05) is 12.1 Å². The number of amides is 3. The normalized spacial score (nSPS) is 20.7. The van der Waals surface area contributed by atoms with Gasteiger partial charge in [0.15, 0.2) is 0 Å². The molecule has 3 amide bonds. The van der Waals surface area contributed by atoms with Gasteiger partial charge in [0.1, 0.15) is 5.54 Å². The van der Waals surface area contributed by atoms with Crippen molar-refractivity contribution in [1.29, 1.82) is 0 Å². The Bertz CT molecular complexity index is 698. The topological polar surface area (TPSA) is 49.4 Å². The number of nitrogens with one attached hydrogen (secondary N) is 1. The van der Waals surface area contributed by atoms with Crippen molar-refractivity contribution in [2.75, 3.05) is 0 Å². The standard InChI is InChI=1S/C16H16N2O2S/c19-14-16(7-3-4-8-16)17-15(20)18(14)10-12-9-11-5-1-2-6-13(11)21-12/h1-2,5-6,9H,3-4,7-8,10H2,(H,17,20). The summed E-state index contributed by atoms with van der Waals surface area (Å²) in [5.74, 6) is -0.0394. The van der Waals surface area contributed by atoms with E-state index >= 15 is 0 Å². The molecule has 2 fully saturated rings. The Morgan fingerprint density at radius 1 is 1.19 bits per heavy atom. The van der Waals surface area contributed by atoms with Crippen molar-refractivity contribution in [2.24, 2.45) is 0 Å². The van der Waals surface area contributed by atoms with Crippen LogP contribution in [0, 0.1) is 0 Å². The second-order valence-corrected chi connectivity index (χ2v) is 7.03. The molecule has 1 saturated carbocycles. The van der Waals surface area contributed by atoms with Crippen LogP contribution in [0.2, 0.25) is 0 Å². The number of nitrogens with zero attached hydrogens (tertiary/aromatic N) is 1. The largest absolute Gasteiger partial charge is 0.325 e. The Balaban J connectivity index is 1.61. The van der Waals surface area contributed by atoms with Gasteiger partial charge in [0, 0.05) is 9.58 Å². The molecule has 4 nitrogen and oxygen atoms in total. The number of carbonyl (C=O) groups excluding carboxylic acids is 2. The van der Waals surface area contributed by atoms with Gasteiger partial charge in [-0.2, -0.15) is 0 Å². The maximum atomic E-state index is 12.6. The van der Waals surface area contributed by atoms with Gasteiger partial charge in [-0.25, -0.2) is 4.79 Å². The molecular formula is C16H16N2O2S. The molecule has 2 aromatic rings. The monoisotopic (exact) mass is 300 g/mol. The van der Waals surface area contributed by atoms with E-state index in [0.29, 0.717) is 6.54 Å². The molecule has 0 atom stereocenters. The van der Waals surface area contributed by atoms with Gasteiger partial charge < -0.3 is 5.32 Å². The number of imide groups is 1. The molecule has 1 aliphatic heterocycles. The lowest BCUT2D eigenvalue weighted by Crippen LogP contribution is -2.44. The average molecular weight is 300 g/mol. The van der Waals surface area contributed by atoms with Crippen LogP contribution >= 0.6 is 11.3 Å². The van der Waals surface area contributed by atoms with Crippen molar-refractivity contribution in [3.63, 3.8) is 0 Å². The maximum Gasteiger partial charge on any atom is 0.325 e. The van der Waals surface area contributed by atoms with E-state index in [4.69, 9.17) is 0 Å². The number of carbonyl (C=O) groups is 2. The van der Waals surface area contributed by atoms with Gasteiger partial charge in [0.25, 0.3) is 5.91 Å². The van der Waals surface area contributed by atoms with Gasteiger partial charge in [-0.05, 0) is 30.4 Å². The van der Waals surface area contributed by atoms with Crippen LogP contribution in [0.3, 0.4) is 0 Å². The van der Waals surface area contributed by atoms with Gasteiger partial charge >= 0.3 is 6.03 Å². The minimum Gasteiger partial charge on any atom is -0.323 e. The summed E-state index contributed by atoms with van der Waals surface area (Å²) in [6, 6.07) is 9.96. The average Bonchev–Trinajstić information content (AvgIpc) is 3.14. The molecule has 1 aliphatic carbocycles. The molecule has 1 aromatic carbocycles. The fourth-order valence-corrected chi connectivity index (χ4v) is 4.46. The van der Waals surface area contributed by atoms with Gasteiger partial charge in [-0.3, -0.25) is 9.69 Å². The highest BCUT2D eigenvalue weighted by Gasteiger charge is 2.52. The lowest BCUT2D eigenvalue weighted by atomic mass is 9.98. The maximum absolute atomic E-state index is 12.6. The molecule has 1 spiro atoms. The van der Waals surface area contributed by atoms with Crippen molar-refractivity contribution < 1.29 is 9.59 Å². The van der Waals surface area contributed by atoms with E-state index < -0.39 is 5.54 Å². The van der Waals surface area contributed by atoms with Gasteiger partial charge in [-0.15, -0.1) is 11.3 Å². The number of hydrogen-bond acceptors (Lipinski definition) is 3. The van der Waals surface area contributed by atoms with Crippen LogP contribution in [-0.4, -0.2) is 22.4 Å². The fraction of sp³-hybridized carbons (Fsp3) is 0.375. The van der Waals surface area contributed by atoms with Crippen molar-refractivity contribution >= 4 is 33.4 Å². The molecule has 0 bridgehead atoms. The highest BCUT2D eigenvalue weighted by atomic mass is 32.1. The van der Waals surface area contributed by atoms with E-state index in [1.165, 1.54) is 15.0 Å². The lowest BCUT2D eigenvalue weighted by molar-refractivity contribution is -0.131.